The molecule has 21 heavy (non-hydrogen) atoms. The molecule has 3 aromatic rings. The highest BCUT2D eigenvalue weighted by Crippen LogP contribution is 2.11. The summed E-state index contributed by atoms with van der Waals surface area (Å²) in [6.07, 6.45) is 1.70. The summed E-state index contributed by atoms with van der Waals surface area (Å²) >= 11 is 3.39. The van der Waals surface area contributed by atoms with Crippen molar-refractivity contribution in [2.24, 2.45) is 5.10 Å². The highest BCUT2D eigenvalue weighted by Gasteiger charge is 2.05. The van der Waals surface area contributed by atoms with Crippen LogP contribution in [0.2, 0.25) is 0 Å². The van der Waals surface area contributed by atoms with Gasteiger partial charge in [-0.25, -0.2) is 5.43 Å². The number of aromatic nitrogens is 4. The second-order valence-corrected chi connectivity index (χ2v) is 5.09. The molecule has 0 spiro atoms. The average molecular weight is 343 g/mol. The van der Waals surface area contributed by atoms with E-state index >= 15 is 0 Å². The normalized spacial score (nSPS) is 10.9. The highest BCUT2D eigenvalue weighted by molar-refractivity contribution is 9.10. The highest BCUT2D eigenvalue weighted by atomic mass is 79.9. The number of rotatable bonds is 4. The van der Waals surface area contributed by atoms with Gasteiger partial charge in [0.05, 0.1) is 11.9 Å². The first-order valence-electron chi connectivity index (χ1n) is 6.21. The van der Waals surface area contributed by atoms with Gasteiger partial charge in [-0.15, -0.1) is 0 Å². The monoisotopic (exact) mass is 342 g/mol. The van der Waals surface area contributed by atoms with Crippen LogP contribution >= 0.6 is 15.9 Å². The molecule has 0 unspecified atom stereocenters. The molecule has 0 radical (unpaired) electrons. The Balaban J connectivity index is 1.75. The Kier molecular flexibility index (Phi) is 4.02. The smallest absolute Gasteiger partial charge is 0.244 e. The van der Waals surface area contributed by atoms with Crippen LogP contribution in [-0.4, -0.2) is 26.4 Å². The summed E-state index contributed by atoms with van der Waals surface area (Å²) in [6, 6.07) is 17.4. The SMILES string of the molecule is Brc1ccc(C=NNc2nnnn2-c2ccccc2)cc1. The number of hydrogen-bond donors (Lipinski definition) is 1. The minimum atomic E-state index is 0.453. The lowest BCUT2D eigenvalue weighted by Crippen LogP contribution is -2.03. The molecule has 0 aliphatic rings. The van der Waals surface area contributed by atoms with E-state index in [9.17, 15) is 0 Å². The van der Waals surface area contributed by atoms with Crippen LogP contribution in [0.25, 0.3) is 5.69 Å². The fourth-order valence-electron chi connectivity index (χ4n) is 1.71. The lowest BCUT2D eigenvalue weighted by atomic mass is 10.2. The van der Waals surface area contributed by atoms with Crippen molar-refractivity contribution in [1.29, 1.82) is 0 Å². The van der Waals surface area contributed by atoms with Gasteiger partial charge in [0.1, 0.15) is 0 Å². The average Bonchev–Trinajstić information content (AvgIpc) is 2.99. The first-order chi connectivity index (χ1) is 10.3. The molecule has 0 saturated heterocycles. The van der Waals surface area contributed by atoms with Crippen molar-refractivity contribution in [3.63, 3.8) is 0 Å². The molecule has 104 valence electrons. The van der Waals surface area contributed by atoms with E-state index in [1.165, 1.54) is 0 Å². The van der Waals surface area contributed by atoms with E-state index in [4.69, 9.17) is 0 Å². The summed E-state index contributed by atoms with van der Waals surface area (Å²) in [5.74, 6) is 0.453. The minimum absolute atomic E-state index is 0.453. The predicted octanol–water partition coefficient (Wildman–Crippen LogP) is 2.87. The van der Waals surface area contributed by atoms with E-state index in [-0.39, 0.29) is 0 Å². The summed E-state index contributed by atoms with van der Waals surface area (Å²) in [4.78, 5) is 0. The van der Waals surface area contributed by atoms with Crippen molar-refractivity contribution in [2.45, 2.75) is 0 Å². The zero-order chi connectivity index (χ0) is 14.5. The molecule has 0 saturated carbocycles. The molecule has 1 aromatic heterocycles. The summed E-state index contributed by atoms with van der Waals surface area (Å²) in [6.45, 7) is 0. The maximum atomic E-state index is 4.15. The molecule has 0 aliphatic carbocycles. The molecule has 0 amide bonds. The van der Waals surface area contributed by atoms with E-state index in [1.807, 2.05) is 54.6 Å². The van der Waals surface area contributed by atoms with Gasteiger partial charge in [-0.05, 0) is 40.3 Å². The number of hydrazone groups is 1. The second kappa shape index (κ2) is 6.27. The molecule has 6 nitrogen and oxygen atoms in total. The fourth-order valence-corrected chi connectivity index (χ4v) is 1.98. The lowest BCUT2D eigenvalue weighted by Gasteiger charge is -2.02. The molecular weight excluding hydrogens is 332 g/mol. The van der Waals surface area contributed by atoms with Gasteiger partial charge in [0.15, 0.2) is 0 Å². The van der Waals surface area contributed by atoms with Gasteiger partial charge >= 0.3 is 0 Å². The first-order valence-corrected chi connectivity index (χ1v) is 7.01. The van der Waals surface area contributed by atoms with E-state index in [0.717, 1.165) is 15.7 Å². The van der Waals surface area contributed by atoms with Crippen molar-refractivity contribution in [2.75, 3.05) is 5.43 Å². The Morgan fingerprint density at radius 3 is 2.57 bits per heavy atom. The third-order valence-corrected chi connectivity index (χ3v) is 3.25. The van der Waals surface area contributed by atoms with Crippen LogP contribution in [0.1, 0.15) is 5.56 Å². The summed E-state index contributed by atoms with van der Waals surface area (Å²) < 4.78 is 2.61. The zero-order valence-corrected chi connectivity index (χ0v) is 12.5. The van der Waals surface area contributed by atoms with Gasteiger partial charge in [0, 0.05) is 4.47 Å². The number of para-hydroxylation sites is 1. The number of tetrazole rings is 1. The Morgan fingerprint density at radius 2 is 1.81 bits per heavy atom. The quantitative estimate of drug-likeness (QED) is 0.584. The fraction of sp³-hybridized carbons (Fsp3) is 0. The second-order valence-electron chi connectivity index (χ2n) is 4.17. The van der Waals surface area contributed by atoms with Crippen molar-refractivity contribution in [3.8, 4) is 5.69 Å². The molecular formula is C14H11BrN6. The summed E-state index contributed by atoms with van der Waals surface area (Å²) in [5, 5.41) is 15.6. The van der Waals surface area contributed by atoms with Gasteiger partial charge in [-0.3, -0.25) is 0 Å². The molecule has 1 N–H and O–H groups in total. The number of anilines is 1. The van der Waals surface area contributed by atoms with Crippen molar-refractivity contribution >= 4 is 28.1 Å². The standard InChI is InChI=1S/C14H11BrN6/c15-12-8-6-11(7-9-12)10-16-17-14-18-19-20-21(14)13-4-2-1-3-5-13/h1-10H,(H,17,18,20). The molecule has 0 aliphatic heterocycles. The summed E-state index contributed by atoms with van der Waals surface area (Å²) in [5.41, 5.74) is 4.68. The van der Waals surface area contributed by atoms with Crippen LogP contribution in [0.3, 0.4) is 0 Å². The van der Waals surface area contributed by atoms with Gasteiger partial charge in [0.2, 0.25) is 0 Å². The van der Waals surface area contributed by atoms with Crippen molar-refractivity contribution < 1.29 is 0 Å². The first kappa shape index (κ1) is 13.4. The van der Waals surface area contributed by atoms with Gasteiger partial charge in [0.25, 0.3) is 5.95 Å². The number of hydrogen-bond acceptors (Lipinski definition) is 5. The van der Waals surface area contributed by atoms with Crippen molar-refractivity contribution in [3.05, 3.63) is 64.6 Å². The van der Waals surface area contributed by atoms with Crippen LogP contribution < -0.4 is 5.43 Å². The number of nitrogens with one attached hydrogen (secondary N) is 1. The summed E-state index contributed by atoms with van der Waals surface area (Å²) in [7, 11) is 0. The Hall–Kier alpha value is -2.54. The molecule has 1 heterocycles. The molecule has 2 aromatic carbocycles. The van der Waals surface area contributed by atoms with Crippen LogP contribution in [0.5, 0.6) is 0 Å². The topological polar surface area (TPSA) is 68.0 Å². The van der Waals surface area contributed by atoms with Crippen molar-refractivity contribution in [1.82, 2.24) is 20.2 Å². The lowest BCUT2D eigenvalue weighted by molar-refractivity contribution is 0.790. The van der Waals surface area contributed by atoms with Gasteiger partial charge in [-0.2, -0.15) is 9.78 Å². The molecule has 0 bridgehead atoms. The molecule has 3 rings (SSSR count). The van der Waals surface area contributed by atoms with E-state index in [1.54, 1.807) is 10.9 Å². The number of halogens is 1. The molecule has 0 atom stereocenters. The van der Waals surface area contributed by atoms with E-state index in [0.29, 0.717) is 5.95 Å². The Morgan fingerprint density at radius 1 is 1.05 bits per heavy atom. The Labute approximate surface area is 129 Å². The maximum Gasteiger partial charge on any atom is 0.268 e. The third-order valence-electron chi connectivity index (χ3n) is 2.72. The zero-order valence-electron chi connectivity index (χ0n) is 10.9. The van der Waals surface area contributed by atoms with Gasteiger partial charge < -0.3 is 0 Å². The van der Waals surface area contributed by atoms with Crippen LogP contribution in [-0.2, 0) is 0 Å². The van der Waals surface area contributed by atoms with Crippen LogP contribution in [0.15, 0.2) is 64.2 Å². The van der Waals surface area contributed by atoms with Gasteiger partial charge in [-0.1, -0.05) is 51.4 Å². The van der Waals surface area contributed by atoms with Crippen LogP contribution in [0.4, 0.5) is 5.95 Å². The third kappa shape index (κ3) is 3.32. The molecule has 7 heteroatoms. The van der Waals surface area contributed by atoms with E-state index < -0.39 is 0 Å². The van der Waals surface area contributed by atoms with Crippen LogP contribution in [0, 0.1) is 0 Å². The minimum Gasteiger partial charge on any atom is -0.244 e. The predicted molar refractivity (Wildman–Crippen MR) is 84.5 cm³/mol. The maximum absolute atomic E-state index is 4.15. The largest absolute Gasteiger partial charge is 0.268 e. The number of benzene rings is 2. The Bertz CT molecular complexity index is 736. The number of nitrogens with zero attached hydrogens (tertiary/aromatic N) is 5. The molecule has 0 fully saturated rings. The van der Waals surface area contributed by atoms with E-state index in [2.05, 4.69) is 42.0 Å².